The van der Waals surface area contributed by atoms with Crippen LogP contribution >= 0.6 is 46.4 Å². The minimum atomic E-state index is -0.549. The third-order valence-electron chi connectivity index (χ3n) is 6.98. The standard InChI is InChI=1S/C32H23BCl4O8/c33-29-17-8-19(35)4-2-16-10-27(20(36)12-22(16)38)44-31-24(40)6-14(7-25(31)41)5-18(34)3-1-15-11-28(21(37)13-23(15)39)45-32(30(29)43)26(42)9-17/h3-4,6-7,9-13,38-43H,1-2,5,8H2/b18-3+,19-4+. The second kappa shape index (κ2) is 13.1. The summed E-state index contributed by atoms with van der Waals surface area (Å²) >= 11 is 25.5. The van der Waals surface area contributed by atoms with E-state index in [9.17, 15) is 30.6 Å². The molecule has 0 spiro atoms. The van der Waals surface area contributed by atoms with Crippen molar-refractivity contribution in [3.05, 3.63) is 97.0 Å². The molecule has 4 heterocycles. The fourth-order valence-electron chi connectivity index (χ4n) is 4.65. The summed E-state index contributed by atoms with van der Waals surface area (Å²) in [4.78, 5) is 0. The average Bonchev–Trinajstić information content (AvgIpc) is 2.96. The molecule has 0 saturated carbocycles. The molecule has 4 aliphatic rings. The molecule has 0 fully saturated rings. The van der Waals surface area contributed by atoms with Crippen LogP contribution in [0.25, 0.3) is 0 Å². The van der Waals surface area contributed by atoms with Crippen molar-refractivity contribution < 1.29 is 40.1 Å². The predicted octanol–water partition coefficient (Wildman–Crippen LogP) is 7.73. The first-order valence-electron chi connectivity index (χ1n) is 13.3. The average molecular weight is 688 g/mol. The van der Waals surface area contributed by atoms with Gasteiger partial charge in [0, 0.05) is 46.2 Å². The Kier molecular flexibility index (Phi) is 9.46. The maximum atomic E-state index is 10.8. The Hall–Kier alpha value is -4.02. The van der Waals surface area contributed by atoms with E-state index in [1.807, 2.05) is 0 Å². The molecule has 0 aliphatic carbocycles. The van der Waals surface area contributed by atoms with Gasteiger partial charge < -0.3 is 40.1 Å². The maximum Gasteiger partial charge on any atom is 0.210 e. The number of ether oxygens (including phenoxy) is 2. The molecule has 6 N–H and O–H groups in total. The molecular weight excluding hydrogens is 665 g/mol. The zero-order valence-electron chi connectivity index (χ0n) is 23.1. The molecule has 8 nitrogen and oxygen atoms in total. The van der Waals surface area contributed by atoms with Crippen molar-refractivity contribution in [2.75, 3.05) is 0 Å². The molecule has 8 rings (SSSR count). The highest BCUT2D eigenvalue weighted by atomic mass is 35.5. The van der Waals surface area contributed by atoms with Gasteiger partial charge in [0.1, 0.15) is 30.8 Å². The molecule has 8 bridgehead atoms. The molecule has 230 valence electrons. The largest absolute Gasteiger partial charge is 0.508 e. The van der Waals surface area contributed by atoms with Gasteiger partial charge in [-0.2, -0.15) is 0 Å². The number of rotatable bonds is 0. The van der Waals surface area contributed by atoms with Crippen LogP contribution in [0.3, 0.4) is 0 Å². The van der Waals surface area contributed by atoms with E-state index in [0.717, 1.165) is 0 Å². The lowest BCUT2D eigenvalue weighted by Gasteiger charge is -2.17. The number of halogens is 4. The number of phenolic OH excluding ortho intramolecular Hbond substituents is 6. The van der Waals surface area contributed by atoms with Crippen LogP contribution in [-0.4, -0.2) is 38.5 Å². The van der Waals surface area contributed by atoms with Crippen LogP contribution in [-0.2, 0) is 25.7 Å². The topological polar surface area (TPSA) is 140 Å². The van der Waals surface area contributed by atoms with Gasteiger partial charge in [-0.1, -0.05) is 58.6 Å². The molecule has 13 heteroatoms. The molecule has 0 saturated heterocycles. The first kappa shape index (κ1) is 32.4. The monoisotopic (exact) mass is 686 g/mol. The number of hydrogen-bond acceptors (Lipinski definition) is 8. The van der Waals surface area contributed by atoms with Crippen LogP contribution < -0.4 is 14.9 Å². The van der Waals surface area contributed by atoms with Crippen molar-refractivity contribution in [2.24, 2.45) is 0 Å². The van der Waals surface area contributed by atoms with E-state index >= 15 is 0 Å². The molecule has 45 heavy (non-hydrogen) atoms. The Labute approximate surface area is 278 Å². The molecule has 4 aromatic rings. The van der Waals surface area contributed by atoms with Crippen molar-refractivity contribution in [1.82, 2.24) is 0 Å². The van der Waals surface area contributed by atoms with Gasteiger partial charge in [-0.05, 0) is 59.8 Å². The van der Waals surface area contributed by atoms with E-state index in [2.05, 4.69) is 0 Å². The molecule has 4 aliphatic heterocycles. The van der Waals surface area contributed by atoms with Gasteiger partial charge in [0.15, 0.2) is 23.0 Å². The summed E-state index contributed by atoms with van der Waals surface area (Å²) in [7, 11) is 6.17. The number of allylic oxidation sites excluding steroid dienone is 4. The number of hydrogen-bond donors (Lipinski definition) is 6. The molecule has 0 atom stereocenters. The van der Waals surface area contributed by atoms with E-state index in [1.54, 1.807) is 12.2 Å². The summed E-state index contributed by atoms with van der Waals surface area (Å²) < 4.78 is 11.5. The summed E-state index contributed by atoms with van der Waals surface area (Å²) in [5.41, 5.74) is 1.32. The Balaban J connectivity index is 1.61. The quantitative estimate of drug-likeness (QED) is 0.103. The fraction of sp³-hybridized carbons (Fsp3) is 0.125. The van der Waals surface area contributed by atoms with Gasteiger partial charge in [0.05, 0.1) is 10.0 Å². The van der Waals surface area contributed by atoms with Crippen LogP contribution in [0.4, 0.5) is 0 Å². The van der Waals surface area contributed by atoms with Gasteiger partial charge in [-0.3, -0.25) is 0 Å². The maximum absolute atomic E-state index is 10.8. The Morgan fingerprint density at radius 1 is 0.533 bits per heavy atom. The first-order valence-corrected chi connectivity index (χ1v) is 14.8. The summed E-state index contributed by atoms with van der Waals surface area (Å²) in [5.74, 6) is -2.67. The lowest BCUT2D eigenvalue weighted by Crippen LogP contribution is -2.12. The second-order valence-corrected chi connectivity index (χ2v) is 12.0. The highest BCUT2D eigenvalue weighted by Gasteiger charge is 2.21. The van der Waals surface area contributed by atoms with Crippen molar-refractivity contribution in [3.8, 4) is 57.5 Å². The summed E-state index contributed by atoms with van der Waals surface area (Å²) in [6.07, 6.45) is 3.48. The zero-order chi connectivity index (χ0) is 32.6. The molecule has 0 unspecified atom stereocenters. The zero-order valence-corrected chi connectivity index (χ0v) is 26.1. The number of benzene rings is 4. The van der Waals surface area contributed by atoms with E-state index in [-0.39, 0.29) is 97.8 Å². The van der Waals surface area contributed by atoms with Crippen LogP contribution in [0.5, 0.6) is 57.5 Å². The van der Waals surface area contributed by atoms with Crippen molar-refractivity contribution in [1.29, 1.82) is 0 Å². The van der Waals surface area contributed by atoms with Gasteiger partial charge in [0.2, 0.25) is 11.5 Å². The SMILES string of the molecule is [B]c1c2cc(O)c(c1O)Oc1cc(c(O)cc1Cl)C/C=C(/Cl)Cc1cc(O)c(c(O)c1)Oc1cc(c(O)cc1Cl)C/C=C(/Cl)C2. The molecular formula is C32H23BCl4O8. The highest BCUT2D eigenvalue weighted by Crippen LogP contribution is 2.45. The van der Waals surface area contributed by atoms with E-state index in [0.29, 0.717) is 21.7 Å². The summed E-state index contributed by atoms with van der Waals surface area (Å²) in [6, 6.07) is 9.34. The van der Waals surface area contributed by atoms with Crippen molar-refractivity contribution in [2.45, 2.75) is 25.7 Å². The van der Waals surface area contributed by atoms with E-state index in [1.165, 1.54) is 42.5 Å². The lowest BCUT2D eigenvalue weighted by atomic mass is 9.87. The van der Waals surface area contributed by atoms with E-state index < -0.39 is 11.5 Å². The van der Waals surface area contributed by atoms with Crippen LogP contribution in [0.15, 0.2) is 64.7 Å². The summed E-state index contributed by atoms with van der Waals surface area (Å²) in [6.45, 7) is 0. The Morgan fingerprint density at radius 2 is 1.00 bits per heavy atom. The van der Waals surface area contributed by atoms with Gasteiger partial charge in [-0.25, -0.2) is 0 Å². The predicted molar refractivity (Wildman–Crippen MR) is 174 cm³/mol. The van der Waals surface area contributed by atoms with Crippen LogP contribution in [0.1, 0.15) is 22.3 Å². The Bertz CT molecular complexity index is 1870. The summed E-state index contributed by atoms with van der Waals surface area (Å²) in [5, 5.41) is 64.5. The molecule has 0 amide bonds. The number of phenols is 6. The normalized spacial score (nSPS) is 16.1. The number of aromatic hydroxyl groups is 6. The Morgan fingerprint density at radius 3 is 1.53 bits per heavy atom. The van der Waals surface area contributed by atoms with Crippen LogP contribution in [0.2, 0.25) is 10.0 Å². The fourth-order valence-corrected chi connectivity index (χ4v) is 5.49. The second-order valence-electron chi connectivity index (χ2n) is 10.2. The smallest absolute Gasteiger partial charge is 0.210 e. The third kappa shape index (κ3) is 7.12. The molecule has 2 radical (unpaired) electrons. The molecule has 0 aromatic heterocycles. The molecule has 4 aromatic carbocycles. The van der Waals surface area contributed by atoms with Gasteiger partial charge in [-0.15, -0.1) is 0 Å². The van der Waals surface area contributed by atoms with Crippen LogP contribution in [0, 0.1) is 0 Å². The van der Waals surface area contributed by atoms with Gasteiger partial charge >= 0.3 is 0 Å². The minimum Gasteiger partial charge on any atom is -0.508 e. The third-order valence-corrected chi connectivity index (χ3v) is 8.15. The highest BCUT2D eigenvalue weighted by molar-refractivity contribution is 6.36. The van der Waals surface area contributed by atoms with Crippen molar-refractivity contribution >= 4 is 59.7 Å². The minimum absolute atomic E-state index is 0.00218. The van der Waals surface area contributed by atoms with Gasteiger partial charge in [0.25, 0.3) is 0 Å². The lowest BCUT2D eigenvalue weighted by molar-refractivity contribution is 0.375. The van der Waals surface area contributed by atoms with Crippen molar-refractivity contribution in [3.63, 3.8) is 0 Å². The van der Waals surface area contributed by atoms with E-state index in [4.69, 9.17) is 63.7 Å². The first-order chi connectivity index (χ1) is 21.3.